The van der Waals surface area contributed by atoms with Gasteiger partial charge in [-0.2, -0.15) is 4.98 Å². The number of halogens is 1. The molecular weight excluding hydrogens is 421 g/mol. The standard InChI is InChI=1S/C22H32FN3O6/c1-5-6-7-8-9-10-18(29)24-20-17(23)12-26(22(30)25-20)21-16(11-13(2)27)19(14(3)31-21)32-15(4)28/h12,14,16,19,21H,5-11H2,1-4H3,(H,24,25,29,30)/t14-,16-,19-,21-/m1/s1. The summed E-state index contributed by atoms with van der Waals surface area (Å²) in [7, 11) is 0. The van der Waals surface area contributed by atoms with Crippen molar-refractivity contribution in [3.63, 3.8) is 0 Å². The molecule has 1 aliphatic heterocycles. The molecule has 1 aromatic rings. The van der Waals surface area contributed by atoms with Gasteiger partial charge in [-0.15, -0.1) is 0 Å². The number of hydrogen-bond acceptors (Lipinski definition) is 7. The van der Waals surface area contributed by atoms with Crippen LogP contribution in [-0.2, 0) is 23.9 Å². The lowest BCUT2D eigenvalue weighted by atomic mass is 9.94. The Balaban J connectivity index is 2.17. The second kappa shape index (κ2) is 11.8. The summed E-state index contributed by atoms with van der Waals surface area (Å²) >= 11 is 0. The molecule has 0 saturated carbocycles. The molecule has 2 heterocycles. The molecule has 178 valence electrons. The molecule has 0 aromatic carbocycles. The fraction of sp³-hybridized carbons (Fsp3) is 0.682. The van der Waals surface area contributed by atoms with Gasteiger partial charge in [-0.05, 0) is 20.3 Å². The van der Waals surface area contributed by atoms with Crippen LogP contribution in [0.4, 0.5) is 10.2 Å². The van der Waals surface area contributed by atoms with Crippen LogP contribution in [0.3, 0.4) is 0 Å². The first kappa shape index (κ1) is 25.6. The predicted molar refractivity (Wildman–Crippen MR) is 114 cm³/mol. The summed E-state index contributed by atoms with van der Waals surface area (Å²) in [5, 5.41) is 2.34. The fourth-order valence-electron chi connectivity index (χ4n) is 3.90. The third kappa shape index (κ3) is 6.94. The molecule has 32 heavy (non-hydrogen) atoms. The van der Waals surface area contributed by atoms with Crippen molar-refractivity contribution in [2.45, 2.75) is 91.1 Å². The second-order valence-corrected chi connectivity index (χ2v) is 8.22. The molecule has 0 aliphatic carbocycles. The van der Waals surface area contributed by atoms with Crippen LogP contribution in [0.15, 0.2) is 11.0 Å². The van der Waals surface area contributed by atoms with Gasteiger partial charge in [-0.3, -0.25) is 14.2 Å². The van der Waals surface area contributed by atoms with Crippen molar-refractivity contribution in [1.82, 2.24) is 9.55 Å². The van der Waals surface area contributed by atoms with Crippen LogP contribution in [0, 0.1) is 11.7 Å². The lowest BCUT2D eigenvalue weighted by Gasteiger charge is -2.23. The SMILES string of the molecule is CCCCCCCC(=O)Nc1nc(=O)n([C@@H]2O[C@H](C)[C@@H](OC(C)=O)[C@H]2CC(C)=O)cc1F. The number of hydrogen-bond donors (Lipinski definition) is 1. The summed E-state index contributed by atoms with van der Waals surface area (Å²) in [6.45, 7) is 6.34. The molecule has 1 amide bonds. The quantitative estimate of drug-likeness (QED) is 0.404. The molecule has 0 unspecified atom stereocenters. The Morgan fingerprint density at radius 2 is 1.91 bits per heavy atom. The molecule has 9 nitrogen and oxygen atoms in total. The van der Waals surface area contributed by atoms with E-state index in [1.807, 2.05) is 0 Å². The molecule has 1 fully saturated rings. The largest absolute Gasteiger partial charge is 0.459 e. The average Bonchev–Trinajstić information content (AvgIpc) is 2.98. The van der Waals surface area contributed by atoms with Crippen molar-refractivity contribution in [2.24, 2.45) is 5.92 Å². The molecule has 10 heteroatoms. The Kier molecular flexibility index (Phi) is 9.49. The molecular formula is C22H32FN3O6. The normalized spacial score (nSPS) is 22.5. The summed E-state index contributed by atoms with van der Waals surface area (Å²) in [5.74, 6) is -3.20. The molecule has 1 saturated heterocycles. The Hall–Kier alpha value is -2.62. The Morgan fingerprint density at radius 1 is 1.22 bits per heavy atom. The highest BCUT2D eigenvalue weighted by Gasteiger charge is 2.46. The number of Topliss-reactive ketones (excluding diaryl/α,β-unsaturated/α-hetero) is 1. The van der Waals surface area contributed by atoms with Crippen molar-refractivity contribution in [1.29, 1.82) is 0 Å². The maximum Gasteiger partial charge on any atom is 0.351 e. The van der Waals surface area contributed by atoms with Crippen molar-refractivity contribution >= 4 is 23.5 Å². The summed E-state index contributed by atoms with van der Waals surface area (Å²) in [6, 6.07) is 0. The van der Waals surface area contributed by atoms with E-state index >= 15 is 0 Å². The van der Waals surface area contributed by atoms with E-state index in [9.17, 15) is 23.6 Å². The molecule has 4 atom stereocenters. The lowest BCUT2D eigenvalue weighted by Crippen LogP contribution is -2.35. The number of nitrogens with zero attached hydrogens (tertiary/aromatic N) is 2. The molecule has 2 rings (SSSR count). The van der Waals surface area contributed by atoms with Gasteiger partial charge in [0.25, 0.3) is 0 Å². The summed E-state index contributed by atoms with van der Waals surface area (Å²) < 4.78 is 26.7. The molecule has 1 N–H and O–H groups in total. The van der Waals surface area contributed by atoms with Gasteiger partial charge in [0, 0.05) is 19.8 Å². The van der Waals surface area contributed by atoms with Gasteiger partial charge >= 0.3 is 11.7 Å². The summed E-state index contributed by atoms with van der Waals surface area (Å²) in [5.41, 5.74) is -0.848. The smallest absolute Gasteiger partial charge is 0.351 e. The van der Waals surface area contributed by atoms with Crippen LogP contribution in [0.25, 0.3) is 0 Å². The number of carbonyl (C=O) groups is 3. The van der Waals surface area contributed by atoms with E-state index in [4.69, 9.17) is 9.47 Å². The molecule has 0 radical (unpaired) electrons. The van der Waals surface area contributed by atoms with Crippen LogP contribution in [-0.4, -0.2) is 39.4 Å². The van der Waals surface area contributed by atoms with E-state index in [1.165, 1.54) is 13.8 Å². The van der Waals surface area contributed by atoms with Gasteiger partial charge in [0.2, 0.25) is 5.91 Å². The molecule has 0 spiro atoms. The zero-order valence-electron chi connectivity index (χ0n) is 19.1. The van der Waals surface area contributed by atoms with Gasteiger partial charge in [0.1, 0.15) is 18.1 Å². The zero-order valence-corrected chi connectivity index (χ0v) is 19.1. The van der Waals surface area contributed by atoms with E-state index < -0.39 is 53.6 Å². The van der Waals surface area contributed by atoms with E-state index in [2.05, 4.69) is 17.2 Å². The Bertz CT molecular complexity index is 887. The van der Waals surface area contributed by atoms with Gasteiger partial charge in [-0.25, -0.2) is 9.18 Å². The second-order valence-electron chi connectivity index (χ2n) is 8.22. The first-order valence-electron chi connectivity index (χ1n) is 11.0. The minimum Gasteiger partial charge on any atom is -0.459 e. The van der Waals surface area contributed by atoms with Crippen LogP contribution < -0.4 is 11.0 Å². The number of ketones is 1. The van der Waals surface area contributed by atoms with Gasteiger partial charge in [0.15, 0.2) is 11.6 Å². The van der Waals surface area contributed by atoms with E-state index in [-0.39, 0.29) is 18.6 Å². The van der Waals surface area contributed by atoms with Crippen molar-refractivity contribution in [3.05, 3.63) is 22.5 Å². The average molecular weight is 454 g/mol. The topological polar surface area (TPSA) is 117 Å². The Labute approximate surface area is 186 Å². The van der Waals surface area contributed by atoms with Crippen molar-refractivity contribution < 1.29 is 28.2 Å². The zero-order chi connectivity index (χ0) is 23.8. The summed E-state index contributed by atoms with van der Waals surface area (Å²) in [4.78, 5) is 51.6. The Morgan fingerprint density at radius 3 is 2.53 bits per heavy atom. The van der Waals surface area contributed by atoms with E-state index in [1.54, 1.807) is 6.92 Å². The fourth-order valence-corrected chi connectivity index (χ4v) is 3.90. The van der Waals surface area contributed by atoms with Gasteiger partial charge in [0.05, 0.1) is 18.2 Å². The summed E-state index contributed by atoms with van der Waals surface area (Å²) in [6.07, 6.45) is 3.43. The van der Waals surface area contributed by atoms with Gasteiger partial charge < -0.3 is 19.6 Å². The number of unbranched alkanes of at least 4 members (excludes halogenated alkanes) is 4. The number of rotatable bonds is 11. The maximum absolute atomic E-state index is 14.7. The number of anilines is 1. The third-order valence-electron chi connectivity index (χ3n) is 5.38. The highest BCUT2D eigenvalue weighted by molar-refractivity contribution is 5.89. The minimum atomic E-state index is -1.05. The first-order chi connectivity index (χ1) is 15.1. The number of amides is 1. The number of ether oxygens (including phenoxy) is 2. The predicted octanol–water partition coefficient (Wildman–Crippen LogP) is 3.13. The maximum atomic E-state index is 14.7. The monoisotopic (exact) mass is 453 g/mol. The number of carbonyl (C=O) groups excluding carboxylic acids is 3. The third-order valence-corrected chi connectivity index (χ3v) is 5.38. The molecule has 0 bridgehead atoms. The van der Waals surface area contributed by atoms with Crippen LogP contribution in [0.5, 0.6) is 0 Å². The van der Waals surface area contributed by atoms with Crippen LogP contribution in [0.1, 0.15) is 78.9 Å². The van der Waals surface area contributed by atoms with E-state index in [0.29, 0.717) is 6.42 Å². The highest BCUT2D eigenvalue weighted by Crippen LogP contribution is 2.38. The van der Waals surface area contributed by atoms with Crippen molar-refractivity contribution in [2.75, 3.05) is 5.32 Å². The molecule has 1 aliphatic rings. The van der Waals surface area contributed by atoms with Crippen LogP contribution >= 0.6 is 0 Å². The van der Waals surface area contributed by atoms with Crippen molar-refractivity contribution in [3.8, 4) is 0 Å². The number of aromatic nitrogens is 2. The van der Waals surface area contributed by atoms with Gasteiger partial charge in [-0.1, -0.05) is 32.6 Å². The van der Waals surface area contributed by atoms with Crippen LogP contribution in [0.2, 0.25) is 0 Å². The first-order valence-corrected chi connectivity index (χ1v) is 11.0. The lowest BCUT2D eigenvalue weighted by molar-refractivity contribution is -0.150. The number of nitrogens with one attached hydrogen (secondary N) is 1. The minimum absolute atomic E-state index is 0.0302. The highest BCUT2D eigenvalue weighted by atomic mass is 19.1. The number of esters is 1. The van der Waals surface area contributed by atoms with E-state index in [0.717, 1.165) is 36.4 Å². The molecule has 1 aromatic heterocycles.